The summed E-state index contributed by atoms with van der Waals surface area (Å²) in [6.45, 7) is 0.369. The molecule has 0 radical (unpaired) electrons. The highest BCUT2D eigenvalue weighted by Crippen LogP contribution is 2.21. The lowest BCUT2D eigenvalue weighted by molar-refractivity contribution is -0.384. The summed E-state index contributed by atoms with van der Waals surface area (Å²) in [6, 6.07) is 7.91. The standard InChI is InChI=1S/C12H11N3O3S/c1-18-7-9-6-11(19)14-12(13-9)8-3-2-4-10(5-8)15(16)17/h2-6H,7H2,1H3,(H,13,14,19). The van der Waals surface area contributed by atoms with Crippen LogP contribution in [0.2, 0.25) is 0 Å². The molecule has 2 rings (SSSR count). The van der Waals surface area contributed by atoms with Gasteiger partial charge in [-0.15, -0.1) is 0 Å². The van der Waals surface area contributed by atoms with Gasteiger partial charge >= 0.3 is 0 Å². The maximum absolute atomic E-state index is 10.8. The van der Waals surface area contributed by atoms with E-state index in [0.29, 0.717) is 22.6 Å². The first kappa shape index (κ1) is 13.3. The first-order chi connectivity index (χ1) is 9.10. The number of nitro groups is 1. The number of non-ortho nitro benzene ring substituents is 1. The average Bonchev–Trinajstić information content (AvgIpc) is 2.38. The molecular formula is C12H11N3O3S. The summed E-state index contributed by atoms with van der Waals surface area (Å²) in [6.07, 6.45) is 0. The first-order valence-corrected chi connectivity index (χ1v) is 5.85. The van der Waals surface area contributed by atoms with Gasteiger partial charge in [0, 0.05) is 30.5 Å². The molecule has 1 aromatic carbocycles. The third kappa shape index (κ3) is 3.21. The van der Waals surface area contributed by atoms with Crippen LogP contribution in [0.3, 0.4) is 0 Å². The van der Waals surface area contributed by atoms with Gasteiger partial charge in [-0.2, -0.15) is 0 Å². The first-order valence-electron chi connectivity index (χ1n) is 5.44. The molecule has 0 aliphatic carbocycles. The number of nitrogens with one attached hydrogen (secondary N) is 1. The molecule has 0 aliphatic rings. The largest absolute Gasteiger partial charge is 0.378 e. The van der Waals surface area contributed by atoms with E-state index in [4.69, 9.17) is 17.0 Å². The molecule has 0 bridgehead atoms. The minimum absolute atomic E-state index is 0.00997. The number of hydrogen-bond donors (Lipinski definition) is 1. The normalized spacial score (nSPS) is 10.4. The second-order valence-corrected chi connectivity index (χ2v) is 4.25. The monoisotopic (exact) mass is 277 g/mol. The van der Waals surface area contributed by atoms with Crippen LogP contribution in [0, 0.1) is 14.8 Å². The van der Waals surface area contributed by atoms with Crippen LogP contribution in [-0.4, -0.2) is 22.0 Å². The van der Waals surface area contributed by atoms with Gasteiger partial charge in [0.05, 0.1) is 11.5 Å². The van der Waals surface area contributed by atoms with Gasteiger partial charge in [-0.25, -0.2) is 4.98 Å². The van der Waals surface area contributed by atoms with E-state index in [1.807, 2.05) is 0 Å². The molecule has 2 aromatic rings. The Bertz CT molecular complexity index is 669. The van der Waals surface area contributed by atoms with Crippen molar-refractivity contribution in [2.45, 2.75) is 6.61 Å². The number of aromatic nitrogens is 2. The van der Waals surface area contributed by atoms with E-state index in [1.165, 1.54) is 12.1 Å². The molecule has 7 heteroatoms. The Kier molecular flexibility index (Phi) is 3.98. The van der Waals surface area contributed by atoms with Gasteiger partial charge in [-0.3, -0.25) is 10.1 Å². The van der Waals surface area contributed by atoms with E-state index < -0.39 is 4.92 Å². The lowest BCUT2D eigenvalue weighted by Crippen LogP contribution is -1.98. The zero-order valence-corrected chi connectivity index (χ0v) is 10.9. The lowest BCUT2D eigenvalue weighted by atomic mass is 10.2. The van der Waals surface area contributed by atoms with Gasteiger partial charge < -0.3 is 9.72 Å². The fraction of sp³-hybridized carbons (Fsp3) is 0.167. The Balaban J connectivity index is 2.49. The predicted molar refractivity (Wildman–Crippen MR) is 72.2 cm³/mol. The highest BCUT2D eigenvalue weighted by atomic mass is 32.1. The minimum Gasteiger partial charge on any atom is -0.378 e. The Hall–Kier alpha value is -2.12. The summed E-state index contributed by atoms with van der Waals surface area (Å²) < 4.78 is 5.43. The van der Waals surface area contributed by atoms with Gasteiger partial charge in [0.1, 0.15) is 10.5 Å². The summed E-state index contributed by atoms with van der Waals surface area (Å²) in [5.74, 6) is 0.489. The smallest absolute Gasteiger partial charge is 0.270 e. The molecule has 0 amide bonds. The van der Waals surface area contributed by atoms with Crippen molar-refractivity contribution in [2.75, 3.05) is 7.11 Å². The SMILES string of the molecule is COCc1cc(=S)nc(-c2cccc([N+](=O)[O-])c2)[nH]1. The second kappa shape index (κ2) is 5.68. The number of nitro benzene ring substituents is 1. The van der Waals surface area contributed by atoms with Crippen molar-refractivity contribution < 1.29 is 9.66 Å². The van der Waals surface area contributed by atoms with E-state index in [9.17, 15) is 10.1 Å². The Morgan fingerprint density at radius 2 is 2.26 bits per heavy atom. The van der Waals surface area contributed by atoms with Crippen molar-refractivity contribution in [3.05, 3.63) is 50.8 Å². The molecule has 98 valence electrons. The van der Waals surface area contributed by atoms with Gasteiger partial charge in [-0.1, -0.05) is 24.4 Å². The minimum atomic E-state index is -0.447. The van der Waals surface area contributed by atoms with Gasteiger partial charge in [0.15, 0.2) is 0 Å². The number of benzene rings is 1. The number of H-pyrrole nitrogens is 1. The van der Waals surface area contributed by atoms with E-state index in [-0.39, 0.29) is 5.69 Å². The van der Waals surface area contributed by atoms with Crippen LogP contribution in [0.1, 0.15) is 5.69 Å². The van der Waals surface area contributed by atoms with Gasteiger partial charge in [0.25, 0.3) is 5.69 Å². The molecular weight excluding hydrogens is 266 g/mol. The molecule has 1 N–H and O–H groups in total. The van der Waals surface area contributed by atoms with Crippen molar-refractivity contribution in [1.29, 1.82) is 0 Å². The zero-order chi connectivity index (χ0) is 13.8. The molecule has 0 aliphatic heterocycles. The number of nitrogens with zero attached hydrogens (tertiary/aromatic N) is 2. The summed E-state index contributed by atoms with van der Waals surface area (Å²) in [4.78, 5) is 17.5. The Morgan fingerprint density at radius 1 is 1.47 bits per heavy atom. The van der Waals surface area contributed by atoms with Crippen LogP contribution in [0.25, 0.3) is 11.4 Å². The second-order valence-electron chi connectivity index (χ2n) is 3.83. The number of methoxy groups -OCH3 is 1. The van der Waals surface area contributed by atoms with E-state index >= 15 is 0 Å². The van der Waals surface area contributed by atoms with Gasteiger partial charge in [-0.05, 0) is 6.07 Å². The van der Waals surface area contributed by atoms with Crippen molar-refractivity contribution in [1.82, 2.24) is 9.97 Å². The molecule has 0 fully saturated rings. The van der Waals surface area contributed by atoms with Crippen LogP contribution >= 0.6 is 12.2 Å². The average molecular weight is 277 g/mol. The highest BCUT2D eigenvalue weighted by Gasteiger charge is 2.09. The van der Waals surface area contributed by atoms with Crippen molar-refractivity contribution in [3.8, 4) is 11.4 Å². The molecule has 0 saturated carbocycles. The number of ether oxygens (including phenoxy) is 1. The molecule has 0 spiro atoms. The summed E-state index contributed by atoms with van der Waals surface area (Å²) in [5.41, 5.74) is 1.39. The summed E-state index contributed by atoms with van der Waals surface area (Å²) in [5, 5.41) is 10.8. The van der Waals surface area contributed by atoms with Crippen LogP contribution < -0.4 is 0 Å². The molecule has 0 atom stereocenters. The number of hydrogen-bond acceptors (Lipinski definition) is 5. The Labute approximate surface area is 114 Å². The maximum Gasteiger partial charge on any atom is 0.270 e. The van der Waals surface area contributed by atoms with Crippen molar-refractivity contribution in [3.63, 3.8) is 0 Å². The molecule has 0 unspecified atom stereocenters. The third-order valence-electron chi connectivity index (χ3n) is 2.43. The molecule has 1 aromatic heterocycles. The topological polar surface area (TPSA) is 81.1 Å². The number of rotatable bonds is 4. The summed E-state index contributed by atoms with van der Waals surface area (Å²) in [7, 11) is 1.57. The predicted octanol–water partition coefficient (Wildman–Crippen LogP) is 2.86. The van der Waals surface area contributed by atoms with Crippen LogP contribution in [0.15, 0.2) is 30.3 Å². The number of aromatic amines is 1. The zero-order valence-electron chi connectivity index (χ0n) is 10.1. The lowest BCUT2D eigenvalue weighted by Gasteiger charge is -2.05. The van der Waals surface area contributed by atoms with E-state index in [1.54, 1.807) is 25.3 Å². The van der Waals surface area contributed by atoms with Gasteiger partial charge in [0.2, 0.25) is 0 Å². The maximum atomic E-state index is 10.8. The van der Waals surface area contributed by atoms with Crippen LogP contribution in [0.4, 0.5) is 5.69 Å². The molecule has 6 nitrogen and oxygen atoms in total. The third-order valence-corrected chi connectivity index (χ3v) is 2.64. The molecule has 19 heavy (non-hydrogen) atoms. The fourth-order valence-corrected chi connectivity index (χ4v) is 1.88. The summed E-state index contributed by atoms with van der Waals surface area (Å²) >= 11 is 5.07. The highest BCUT2D eigenvalue weighted by molar-refractivity contribution is 7.71. The molecule has 0 saturated heterocycles. The van der Waals surface area contributed by atoms with E-state index in [2.05, 4.69) is 9.97 Å². The molecule has 1 heterocycles. The quantitative estimate of drug-likeness (QED) is 0.528. The van der Waals surface area contributed by atoms with E-state index in [0.717, 1.165) is 5.69 Å². The van der Waals surface area contributed by atoms with Crippen molar-refractivity contribution >= 4 is 17.9 Å². The fourth-order valence-electron chi connectivity index (χ4n) is 1.64. The Morgan fingerprint density at radius 3 is 2.95 bits per heavy atom. The van der Waals surface area contributed by atoms with Crippen molar-refractivity contribution in [2.24, 2.45) is 0 Å². The van der Waals surface area contributed by atoms with Crippen LogP contribution in [-0.2, 0) is 11.3 Å². The van der Waals surface area contributed by atoms with Crippen LogP contribution in [0.5, 0.6) is 0 Å².